The van der Waals surface area contributed by atoms with Gasteiger partial charge < -0.3 is 0 Å². The zero-order valence-corrected chi connectivity index (χ0v) is 10.3. The fourth-order valence-corrected chi connectivity index (χ4v) is 3.39. The van der Waals surface area contributed by atoms with E-state index in [2.05, 4.69) is 0 Å². The van der Waals surface area contributed by atoms with E-state index in [-0.39, 0.29) is 22.6 Å². The Kier molecular flexibility index (Phi) is 4.94. The van der Waals surface area contributed by atoms with Crippen molar-refractivity contribution in [2.24, 2.45) is 5.92 Å². The molecule has 0 unspecified atom stereocenters. The van der Waals surface area contributed by atoms with Gasteiger partial charge in [0.05, 0.1) is 5.75 Å². The molecule has 1 aliphatic carbocycles. The van der Waals surface area contributed by atoms with Crippen LogP contribution in [0.4, 0.5) is 0 Å². The van der Waals surface area contributed by atoms with Gasteiger partial charge in [0.15, 0.2) is 5.12 Å². The molecule has 0 aromatic carbocycles. The fourth-order valence-electron chi connectivity index (χ4n) is 1.54. The minimum atomic E-state index is -3.99. The van der Waals surface area contributed by atoms with Crippen LogP contribution in [0, 0.1) is 5.92 Å². The summed E-state index contributed by atoms with van der Waals surface area (Å²) in [5, 5.41) is -0.0730. The molecular weight excluding hydrogens is 252 g/mol. The number of rotatable bonds is 4. The Morgan fingerprint density at radius 1 is 1.38 bits per heavy atom. The third kappa shape index (κ3) is 5.09. The number of ketones is 1. The van der Waals surface area contributed by atoms with Crippen LogP contribution in [-0.2, 0) is 19.7 Å². The van der Waals surface area contributed by atoms with Crippen LogP contribution in [0.5, 0.6) is 0 Å². The number of carbonyl (C=O) groups is 2. The summed E-state index contributed by atoms with van der Waals surface area (Å²) >= 11 is 0.922. The summed E-state index contributed by atoms with van der Waals surface area (Å²) in [6.07, 6.45) is 2.01. The molecule has 0 atom stereocenters. The standard InChI is InChI=1S/C9H14O5S2/c10-8-3-1-7(2-4-8)9(11)15-5-6-16(12,13)14/h7H,1-6H2,(H,12,13,14). The van der Waals surface area contributed by atoms with Crippen molar-refractivity contribution in [1.82, 2.24) is 0 Å². The maximum absolute atomic E-state index is 11.6. The van der Waals surface area contributed by atoms with Crippen molar-refractivity contribution in [1.29, 1.82) is 0 Å². The highest BCUT2D eigenvalue weighted by molar-refractivity contribution is 8.14. The molecule has 0 aromatic rings. The Balaban J connectivity index is 2.28. The maximum Gasteiger partial charge on any atom is 0.265 e. The van der Waals surface area contributed by atoms with Gasteiger partial charge in [0.1, 0.15) is 5.78 Å². The largest absolute Gasteiger partial charge is 0.300 e. The van der Waals surface area contributed by atoms with E-state index in [0.717, 1.165) is 11.8 Å². The monoisotopic (exact) mass is 266 g/mol. The van der Waals surface area contributed by atoms with Gasteiger partial charge in [-0.3, -0.25) is 14.1 Å². The van der Waals surface area contributed by atoms with Gasteiger partial charge in [0.2, 0.25) is 0 Å². The van der Waals surface area contributed by atoms with Crippen molar-refractivity contribution < 1.29 is 22.6 Å². The van der Waals surface area contributed by atoms with Gasteiger partial charge >= 0.3 is 0 Å². The maximum atomic E-state index is 11.6. The number of thioether (sulfide) groups is 1. The lowest BCUT2D eigenvalue weighted by Crippen LogP contribution is -2.20. The first kappa shape index (κ1) is 13.7. The quantitative estimate of drug-likeness (QED) is 0.760. The molecule has 0 spiro atoms. The number of carbonyl (C=O) groups excluding carboxylic acids is 2. The summed E-state index contributed by atoms with van der Waals surface area (Å²) in [5.74, 6) is -0.284. The van der Waals surface area contributed by atoms with Crippen molar-refractivity contribution in [3.8, 4) is 0 Å². The Morgan fingerprint density at radius 2 is 1.94 bits per heavy atom. The van der Waals surface area contributed by atoms with Gasteiger partial charge in [-0.2, -0.15) is 8.42 Å². The molecule has 0 heterocycles. The first-order valence-corrected chi connectivity index (χ1v) is 7.61. The number of hydrogen-bond acceptors (Lipinski definition) is 5. The van der Waals surface area contributed by atoms with Crippen LogP contribution >= 0.6 is 11.8 Å². The molecule has 1 fully saturated rings. The topological polar surface area (TPSA) is 88.5 Å². The summed E-state index contributed by atoms with van der Waals surface area (Å²) in [4.78, 5) is 22.5. The molecule has 16 heavy (non-hydrogen) atoms. The van der Waals surface area contributed by atoms with Crippen molar-refractivity contribution in [2.75, 3.05) is 11.5 Å². The van der Waals surface area contributed by atoms with Crippen LogP contribution in [0.1, 0.15) is 25.7 Å². The van der Waals surface area contributed by atoms with Gasteiger partial charge in [-0.25, -0.2) is 0 Å². The van der Waals surface area contributed by atoms with Gasteiger partial charge in [0.25, 0.3) is 10.1 Å². The third-order valence-electron chi connectivity index (χ3n) is 2.46. The van der Waals surface area contributed by atoms with Crippen LogP contribution in [0.15, 0.2) is 0 Å². The molecule has 7 heteroatoms. The first-order chi connectivity index (χ1) is 7.38. The van der Waals surface area contributed by atoms with E-state index in [1.807, 2.05) is 0 Å². The van der Waals surface area contributed by atoms with Crippen LogP contribution in [0.25, 0.3) is 0 Å². The summed E-state index contributed by atoms with van der Waals surface area (Å²) in [5.41, 5.74) is 0. The Hall–Kier alpha value is -0.400. The molecule has 92 valence electrons. The average molecular weight is 266 g/mol. The molecule has 5 nitrogen and oxygen atoms in total. The van der Waals surface area contributed by atoms with Gasteiger partial charge in [-0.1, -0.05) is 11.8 Å². The second-order valence-corrected chi connectivity index (χ2v) is 6.44. The highest BCUT2D eigenvalue weighted by Crippen LogP contribution is 2.26. The summed E-state index contributed by atoms with van der Waals surface area (Å²) < 4.78 is 29.3. The predicted molar refractivity (Wildman–Crippen MR) is 60.8 cm³/mol. The fraction of sp³-hybridized carbons (Fsp3) is 0.778. The van der Waals surface area contributed by atoms with Crippen molar-refractivity contribution >= 4 is 32.8 Å². The van der Waals surface area contributed by atoms with Crippen LogP contribution in [0.3, 0.4) is 0 Å². The number of Topliss-reactive ketones (excluding diaryl/α,β-unsaturated/α-hetero) is 1. The van der Waals surface area contributed by atoms with Crippen molar-refractivity contribution in [3.05, 3.63) is 0 Å². The molecule has 0 amide bonds. The zero-order chi connectivity index (χ0) is 12.2. The van der Waals surface area contributed by atoms with Gasteiger partial charge in [-0.05, 0) is 12.8 Å². The van der Waals surface area contributed by atoms with Crippen molar-refractivity contribution in [2.45, 2.75) is 25.7 Å². The second-order valence-electron chi connectivity index (χ2n) is 3.77. The van der Waals surface area contributed by atoms with E-state index in [4.69, 9.17) is 4.55 Å². The van der Waals surface area contributed by atoms with Crippen LogP contribution < -0.4 is 0 Å². The van der Waals surface area contributed by atoms with Gasteiger partial charge in [-0.15, -0.1) is 0 Å². The van der Waals surface area contributed by atoms with E-state index in [0.29, 0.717) is 25.7 Å². The molecule has 1 saturated carbocycles. The summed E-state index contributed by atoms with van der Waals surface area (Å²) in [7, 11) is -3.99. The summed E-state index contributed by atoms with van der Waals surface area (Å²) in [6, 6.07) is 0. The minimum Gasteiger partial charge on any atom is -0.300 e. The molecule has 0 bridgehead atoms. The van der Waals surface area contributed by atoms with Crippen LogP contribution in [-0.4, -0.2) is 35.4 Å². The summed E-state index contributed by atoms with van der Waals surface area (Å²) in [6.45, 7) is 0. The predicted octanol–water partition coefficient (Wildman–Crippen LogP) is 0.893. The highest BCUT2D eigenvalue weighted by atomic mass is 32.2. The molecule has 0 saturated heterocycles. The second kappa shape index (κ2) is 5.79. The van der Waals surface area contributed by atoms with Crippen LogP contribution in [0.2, 0.25) is 0 Å². The molecule has 0 aromatic heterocycles. The average Bonchev–Trinajstić information content (AvgIpc) is 2.16. The van der Waals surface area contributed by atoms with E-state index < -0.39 is 15.9 Å². The van der Waals surface area contributed by atoms with E-state index in [9.17, 15) is 18.0 Å². The molecule has 0 aliphatic heterocycles. The molecule has 1 rings (SSSR count). The first-order valence-electron chi connectivity index (χ1n) is 5.02. The third-order valence-corrected chi connectivity index (χ3v) is 4.47. The smallest absolute Gasteiger partial charge is 0.265 e. The van der Waals surface area contributed by atoms with Crippen molar-refractivity contribution in [3.63, 3.8) is 0 Å². The molecule has 1 aliphatic rings. The lowest BCUT2D eigenvalue weighted by molar-refractivity contribution is -0.123. The lowest BCUT2D eigenvalue weighted by atomic mass is 9.89. The molecule has 1 N–H and O–H groups in total. The Labute approximate surface area is 98.7 Å². The van der Waals surface area contributed by atoms with E-state index in [1.54, 1.807) is 0 Å². The minimum absolute atomic E-state index is 0.0715. The SMILES string of the molecule is O=C1CCC(C(=O)SCCS(=O)(=O)O)CC1. The lowest BCUT2D eigenvalue weighted by Gasteiger charge is -2.18. The molecular formula is C9H14O5S2. The Bertz CT molecular complexity index is 363. The normalized spacial score (nSPS) is 18.7. The zero-order valence-electron chi connectivity index (χ0n) is 8.72. The molecule has 0 radical (unpaired) electrons. The Morgan fingerprint density at radius 3 is 2.44 bits per heavy atom. The van der Waals surface area contributed by atoms with Gasteiger partial charge in [0, 0.05) is 24.5 Å². The highest BCUT2D eigenvalue weighted by Gasteiger charge is 2.25. The number of hydrogen-bond donors (Lipinski definition) is 1. The van der Waals surface area contributed by atoms with E-state index >= 15 is 0 Å². The van der Waals surface area contributed by atoms with E-state index in [1.165, 1.54) is 0 Å².